The van der Waals surface area contributed by atoms with Crippen LogP contribution < -0.4 is 5.73 Å². The molecule has 2 N–H and O–H groups in total. The fraction of sp³-hybridized carbons (Fsp3) is 0.333. The van der Waals surface area contributed by atoms with Gasteiger partial charge in [0.15, 0.2) is 0 Å². The first-order chi connectivity index (χ1) is 5.66. The van der Waals surface area contributed by atoms with Crippen molar-refractivity contribution in [3.63, 3.8) is 0 Å². The highest BCUT2D eigenvalue weighted by molar-refractivity contribution is 9.10. The molecule has 3 heteroatoms. The zero-order valence-corrected chi connectivity index (χ0v) is 8.44. The average Bonchev–Trinajstić information content (AvgIpc) is 2.08. The predicted octanol–water partition coefficient (Wildman–Crippen LogP) is 2.65. The van der Waals surface area contributed by atoms with E-state index >= 15 is 0 Å². The van der Waals surface area contributed by atoms with Crippen molar-refractivity contribution in [3.8, 4) is 0 Å². The molecule has 1 unspecified atom stereocenters. The third-order valence-electron chi connectivity index (χ3n) is 1.87. The molecule has 0 aliphatic heterocycles. The van der Waals surface area contributed by atoms with Crippen LogP contribution in [0.25, 0.3) is 0 Å². The molecule has 66 valence electrons. The van der Waals surface area contributed by atoms with Crippen molar-refractivity contribution in [2.75, 3.05) is 6.54 Å². The monoisotopic (exact) mass is 231 g/mol. The van der Waals surface area contributed by atoms with E-state index in [1.807, 2.05) is 13.0 Å². The first kappa shape index (κ1) is 9.68. The molecule has 0 saturated carbocycles. The maximum absolute atomic E-state index is 13.3. The highest BCUT2D eigenvalue weighted by Crippen LogP contribution is 2.23. The lowest BCUT2D eigenvalue weighted by atomic mass is 10.0. The molecule has 0 spiro atoms. The standard InChI is InChI=1S/C9H11BrFN/c1-6(5-12)7-3-2-4-8(10)9(7)11/h2-4,6H,5,12H2,1H3. The molecule has 1 aromatic carbocycles. The lowest BCUT2D eigenvalue weighted by Crippen LogP contribution is -2.10. The van der Waals surface area contributed by atoms with Gasteiger partial charge in [0.2, 0.25) is 0 Å². The number of rotatable bonds is 2. The van der Waals surface area contributed by atoms with Crippen LogP contribution in [0.4, 0.5) is 4.39 Å². The van der Waals surface area contributed by atoms with Crippen molar-refractivity contribution in [3.05, 3.63) is 34.1 Å². The minimum atomic E-state index is -0.199. The summed E-state index contributed by atoms with van der Waals surface area (Å²) < 4.78 is 13.8. The molecule has 0 saturated heterocycles. The second kappa shape index (κ2) is 4.01. The normalized spacial score (nSPS) is 13.0. The molecule has 1 rings (SSSR count). The van der Waals surface area contributed by atoms with Gasteiger partial charge in [0.05, 0.1) is 4.47 Å². The summed E-state index contributed by atoms with van der Waals surface area (Å²) >= 11 is 3.13. The number of benzene rings is 1. The number of hydrogen-bond acceptors (Lipinski definition) is 1. The van der Waals surface area contributed by atoms with Crippen LogP contribution >= 0.6 is 15.9 Å². The highest BCUT2D eigenvalue weighted by Gasteiger charge is 2.10. The number of halogens is 2. The van der Waals surface area contributed by atoms with E-state index in [-0.39, 0.29) is 11.7 Å². The van der Waals surface area contributed by atoms with Crippen LogP contribution in [0.15, 0.2) is 22.7 Å². The Balaban J connectivity index is 3.07. The second-order valence-corrected chi connectivity index (χ2v) is 3.63. The summed E-state index contributed by atoms with van der Waals surface area (Å²) in [5.41, 5.74) is 6.11. The van der Waals surface area contributed by atoms with Gasteiger partial charge >= 0.3 is 0 Å². The molecule has 0 amide bonds. The fourth-order valence-electron chi connectivity index (χ4n) is 1.03. The van der Waals surface area contributed by atoms with Crippen molar-refractivity contribution < 1.29 is 4.39 Å². The van der Waals surface area contributed by atoms with Gasteiger partial charge in [0.25, 0.3) is 0 Å². The van der Waals surface area contributed by atoms with Crippen LogP contribution in [0, 0.1) is 5.82 Å². The minimum Gasteiger partial charge on any atom is -0.330 e. The summed E-state index contributed by atoms with van der Waals surface area (Å²) in [6, 6.07) is 5.26. The molecule has 12 heavy (non-hydrogen) atoms. The Morgan fingerprint density at radius 3 is 2.83 bits per heavy atom. The zero-order valence-electron chi connectivity index (χ0n) is 6.85. The van der Waals surface area contributed by atoms with Crippen LogP contribution in [-0.2, 0) is 0 Å². The predicted molar refractivity (Wildman–Crippen MR) is 51.6 cm³/mol. The van der Waals surface area contributed by atoms with Crippen LogP contribution in [-0.4, -0.2) is 6.54 Å². The van der Waals surface area contributed by atoms with E-state index < -0.39 is 0 Å². The fourth-order valence-corrected chi connectivity index (χ4v) is 1.41. The molecule has 0 fully saturated rings. The molecule has 0 aliphatic rings. The van der Waals surface area contributed by atoms with E-state index in [2.05, 4.69) is 15.9 Å². The molecule has 1 nitrogen and oxygen atoms in total. The topological polar surface area (TPSA) is 26.0 Å². The maximum atomic E-state index is 13.3. The summed E-state index contributed by atoms with van der Waals surface area (Å²) in [4.78, 5) is 0. The summed E-state index contributed by atoms with van der Waals surface area (Å²) in [7, 11) is 0. The van der Waals surface area contributed by atoms with Crippen LogP contribution in [0.3, 0.4) is 0 Å². The van der Waals surface area contributed by atoms with Gasteiger partial charge in [0, 0.05) is 0 Å². The highest BCUT2D eigenvalue weighted by atomic mass is 79.9. The lowest BCUT2D eigenvalue weighted by Gasteiger charge is -2.10. The smallest absolute Gasteiger partial charge is 0.140 e. The SMILES string of the molecule is CC(CN)c1cccc(Br)c1F. The second-order valence-electron chi connectivity index (χ2n) is 2.78. The van der Waals surface area contributed by atoms with E-state index in [9.17, 15) is 4.39 Å². The molecule has 0 aliphatic carbocycles. The lowest BCUT2D eigenvalue weighted by molar-refractivity contribution is 0.584. The van der Waals surface area contributed by atoms with Crippen LogP contribution in [0.5, 0.6) is 0 Å². The van der Waals surface area contributed by atoms with E-state index in [0.717, 1.165) is 0 Å². The van der Waals surface area contributed by atoms with E-state index in [4.69, 9.17) is 5.73 Å². The zero-order chi connectivity index (χ0) is 9.14. The largest absolute Gasteiger partial charge is 0.330 e. The summed E-state index contributed by atoms with van der Waals surface area (Å²) in [6.07, 6.45) is 0. The van der Waals surface area contributed by atoms with Gasteiger partial charge in [-0.1, -0.05) is 19.1 Å². The van der Waals surface area contributed by atoms with Gasteiger partial charge in [-0.2, -0.15) is 0 Å². The summed E-state index contributed by atoms with van der Waals surface area (Å²) in [6.45, 7) is 2.37. The first-order valence-electron chi connectivity index (χ1n) is 3.80. The third kappa shape index (κ3) is 1.84. The summed E-state index contributed by atoms with van der Waals surface area (Å²) in [5.74, 6) is -0.127. The Morgan fingerprint density at radius 2 is 2.25 bits per heavy atom. The van der Waals surface area contributed by atoms with Crippen LogP contribution in [0.2, 0.25) is 0 Å². The molecular weight excluding hydrogens is 221 g/mol. The van der Waals surface area contributed by atoms with Crippen molar-refractivity contribution >= 4 is 15.9 Å². The molecule has 0 heterocycles. The molecule has 1 aromatic rings. The Labute approximate surface area is 79.9 Å². The van der Waals surface area contributed by atoms with Crippen molar-refractivity contribution in [2.24, 2.45) is 5.73 Å². The number of nitrogens with two attached hydrogens (primary N) is 1. The quantitative estimate of drug-likeness (QED) is 0.833. The first-order valence-corrected chi connectivity index (χ1v) is 4.60. The van der Waals surface area contributed by atoms with Gasteiger partial charge in [-0.25, -0.2) is 4.39 Å². The third-order valence-corrected chi connectivity index (χ3v) is 2.48. The van der Waals surface area contributed by atoms with Crippen molar-refractivity contribution in [1.82, 2.24) is 0 Å². The van der Waals surface area contributed by atoms with E-state index in [0.29, 0.717) is 16.6 Å². The average molecular weight is 232 g/mol. The summed E-state index contributed by atoms with van der Waals surface area (Å²) in [5, 5.41) is 0. The Hall–Kier alpha value is -0.410. The molecule has 0 bridgehead atoms. The Morgan fingerprint density at radius 1 is 1.58 bits per heavy atom. The van der Waals surface area contributed by atoms with Crippen molar-refractivity contribution in [1.29, 1.82) is 0 Å². The van der Waals surface area contributed by atoms with Gasteiger partial charge in [0.1, 0.15) is 5.82 Å². The van der Waals surface area contributed by atoms with E-state index in [1.54, 1.807) is 12.1 Å². The van der Waals surface area contributed by atoms with Crippen molar-refractivity contribution in [2.45, 2.75) is 12.8 Å². The Bertz CT molecular complexity index is 275. The van der Waals surface area contributed by atoms with Crippen LogP contribution in [0.1, 0.15) is 18.4 Å². The van der Waals surface area contributed by atoms with Gasteiger partial charge in [-0.15, -0.1) is 0 Å². The molecule has 0 radical (unpaired) electrons. The van der Waals surface area contributed by atoms with E-state index in [1.165, 1.54) is 0 Å². The molecule has 0 aromatic heterocycles. The number of hydrogen-bond donors (Lipinski definition) is 1. The minimum absolute atomic E-state index is 0.0718. The van der Waals surface area contributed by atoms with Gasteiger partial charge in [-0.05, 0) is 40.0 Å². The maximum Gasteiger partial charge on any atom is 0.140 e. The van der Waals surface area contributed by atoms with Gasteiger partial charge in [-0.3, -0.25) is 0 Å². The molecular formula is C9H11BrFN. The molecule has 1 atom stereocenters. The van der Waals surface area contributed by atoms with Gasteiger partial charge < -0.3 is 5.73 Å². The Kier molecular flexibility index (Phi) is 3.23.